The van der Waals surface area contributed by atoms with Crippen LogP contribution in [0.15, 0.2) is 18.2 Å². The average Bonchev–Trinajstić information content (AvgIpc) is 2.54. The lowest BCUT2D eigenvalue weighted by atomic mass is 9.85. The van der Waals surface area contributed by atoms with Gasteiger partial charge in [-0.3, -0.25) is 9.59 Å². The predicted octanol–water partition coefficient (Wildman–Crippen LogP) is 0.814. The molecule has 0 spiro atoms. The molecule has 7 heteroatoms. The molecule has 2 amide bonds. The van der Waals surface area contributed by atoms with Gasteiger partial charge in [-0.25, -0.2) is 9.78 Å². The van der Waals surface area contributed by atoms with Crippen LogP contribution in [0.5, 0.6) is 0 Å². The van der Waals surface area contributed by atoms with Crippen LogP contribution in [0.2, 0.25) is 0 Å². The Morgan fingerprint density at radius 3 is 2.36 bits per heavy atom. The molecule has 7 nitrogen and oxygen atoms in total. The zero-order valence-corrected chi connectivity index (χ0v) is 12.3. The van der Waals surface area contributed by atoms with Gasteiger partial charge < -0.3 is 15.7 Å². The van der Waals surface area contributed by atoms with Gasteiger partial charge in [-0.2, -0.15) is 0 Å². The number of aromatic carboxylic acids is 1. The van der Waals surface area contributed by atoms with E-state index in [9.17, 15) is 14.4 Å². The minimum absolute atomic E-state index is 0.00613. The van der Waals surface area contributed by atoms with Crippen molar-refractivity contribution in [1.82, 2.24) is 15.6 Å². The van der Waals surface area contributed by atoms with Crippen LogP contribution in [0.1, 0.15) is 46.7 Å². The maximum absolute atomic E-state index is 12.1. The first-order valence-electron chi connectivity index (χ1n) is 7.24. The van der Waals surface area contributed by atoms with Crippen molar-refractivity contribution in [3.63, 3.8) is 0 Å². The average molecular weight is 305 g/mol. The third-order valence-corrected chi connectivity index (χ3v) is 3.88. The van der Waals surface area contributed by atoms with Crippen LogP contribution >= 0.6 is 0 Å². The molecular weight excluding hydrogens is 286 g/mol. The van der Waals surface area contributed by atoms with Crippen molar-refractivity contribution in [2.24, 2.45) is 5.92 Å². The highest BCUT2D eigenvalue weighted by molar-refractivity contribution is 5.94. The molecule has 0 bridgehead atoms. The second kappa shape index (κ2) is 7.02. The molecule has 0 aromatic carbocycles. The SMILES string of the molecule is CNC(=O)C1CCC(NC(=O)c2cccc(C(=O)O)n2)CC1. The fraction of sp³-hybridized carbons (Fsp3) is 0.467. The van der Waals surface area contributed by atoms with Gasteiger partial charge >= 0.3 is 5.97 Å². The third kappa shape index (κ3) is 3.81. The van der Waals surface area contributed by atoms with E-state index in [-0.39, 0.29) is 35.2 Å². The van der Waals surface area contributed by atoms with E-state index in [1.54, 1.807) is 7.05 Å². The van der Waals surface area contributed by atoms with E-state index < -0.39 is 5.97 Å². The summed E-state index contributed by atoms with van der Waals surface area (Å²) in [7, 11) is 1.62. The number of hydrogen-bond acceptors (Lipinski definition) is 4. The number of hydrogen-bond donors (Lipinski definition) is 3. The lowest BCUT2D eigenvalue weighted by molar-refractivity contribution is -0.125. The molecule has 0 unspecified atom stereocenters. The van der Waals surface area contributed by atoms with E-state index in [2.05, 4.69) is 15.6 Å². The number of carbonyl (C=O) groups is 3. The highest BCUT2D eigenvalue weighted by Crippen LogP contribution is 2.24. The van der Waals surface area contributed by atoms with Crippen molar-refractivity contribution < 1.29 is 19.5 Å². The molecular formula is C15H19N3O4. The van der Waals surface area contributed by atoms with Crippen LogP contribution in [0.25, 0.3) is 0 Å². The van der Waals surface area contributed by atoms with Crippen molar-refractivity contribution in [3.05, 3.63) is 29.6 Å². The number of pyridine rings is 1. The Bertz CT molecular complexity index is 580. The summed E-state index contributed by atoms with van der Waals surface area (Å²) in [6, 6.07) is 4.31. The maximum Gasteiger partial charge on any atom is 0.354 e. The van der Waals surface area contributed by atoms with Gasteiger partial charge in [0.15, 0.2) is 0 Å². The number of nitrogens with zero attached hydrogens (tertiary/aromatic N) is 1. The maximum atomic E-state index is 12.1. The summed E-state index contributed by atoms with van der Waals surface area (Å²) in [6.07, 6.45) is 2.91. The number of carboxylic acids is 1. The minimum atomic E-state index is -1.17. The summed E-state index contributed by atoms with van der Waals surface area (Å²) in [4.78, 5) is 38.3. The molecule has 0 aliphatic heterocycles. The molecule has 22 heavy (non-hydrogen) atoms. The summed E-state index contributed by atoms with van der Waals surface area (Å²) in [6.45, 7) is 0. The van der Waals surface area contributed by atoms with Gasteiger partial charge in [0.2, 0.25) is 5.91 Å². The van der Waals surface area contributed by atoms with Gasteiger partial charge in [0.1, 0.15) is 11.4 Å². The molecule has 2 rings (SSSR count). The van der Waals surface area contributed by atoms with Gasteiger partial charge in [-0.15, -0.1) is 0 Å². The number of nitrogens with one attached hydrogen (secondary N) is 2. The highest BCUT2D eigenvalue weighted by Gasteiger charge is 2.26. The van der Waals surface area contributed by atoms with Gasteiger partial charge in [-0.1, -0.05) is 6.07 Å². The summed E-state index contributed by atoms with van der Waals surface area (Å²) >= 11 is 0. The smallest absolute Gasteiger partial charge is 0.354 e. The number of aromatic nitrogens is 1. The van der Waals surface area contributed by atoms with Gasteiger partial charge in [0.25, 0.3) is 5.91 Å². The van der Waals surface area contributed by atoms with Crippen molar-refractivity contribution in [2.45, 2.75) is 31.7 Å². The van der Waals surface area contributed by atoms with Crippen LogP contribution in [-0.2, 0) is 4.79 Å². The second-order valence-corrected chi connectivity index (χ2v) is 5.35. The topological polar surface area (TPSA) is 108 Å². The molecule has 1 aliphatic carbocycles. The Morgan fingerprint density at radius 2 is 1.77 bits per heavy atom. The Labute approximate surface area is 128 Å². The van der Waals surface area contributed by atoms with Crippen molar-refractivity contribution in [3.8, 4) is 0 Å². The summed E-state index contributed by atoms with van der Waals surface area (Å²) in [5, 5.41) is 14.4. The molecule has 1 saturated carbocycles. The van der Waals surface area contributed by atoms with Crippen LogP contribution < -0.4 is 10.6 Å². The standard InChI is InChI=1S/C15H19N3O4/c1-16-13(19)9-5-7-10(8-6-9)17-14(20)11-3-2-4-12(18-11)15(21)22/h2-4,9-10H,5-8H2,1H3,(H,16,19)(H,17,20)(H,21,22). The van der Waals surface area contributed by atoms with E-state index in [0.29, 0.717) is 0 Å². The van der Waals surface area contributed by atoms with Crippen LogP contribution in [0, 0.1) is 5.92 Å². The minimum Gasteiger partial charge on any atom is -0.477 e. The Kier molecular flexibility index (Phi) is 5.08. The first kappa shape index (κ1) is 15.9. The Morgan fingerprint density at radius 1 is 1.14 bits per heavy atom. The largest absolute Gasteiger partial charge is 0.477 e. The van der Waals surface area contributed by atoms with Crippen molar-refractivity contribution in [2.75, 3.05) is 7.05 Å². The summed E-state index contributed by atoms with van der Waals surface area (Å²) < 4.78 is 0. The Balaban J connectivity index is 1.92. The zero-order chi connectivity index (χ0) is 16.1. The number of rotatable bonds is 4. The molecule has 0 radical (unpaired) electrons. The predicted molar refractivity (Wildman–Crippen MR) is 78.5 cm³/mol. The molecule has 1 aromatic rings. The molecule has 1 heterocycles. The molecule has 1 aromatic heterocycles. The van der Waals surface area contributed by atoms with Crippen molar-refractivity contribution >= 4 is 17.8 Å². The van der Waals surface area contributed by atoms with Gasteiger partial charge in [-0.05, 0) is 37.8 Å². The van der Waals surface area contributed by atoms with E-state index in [4.69, 9.17) is 5.11 Å². The summed E-state index contributed by atoms with van der Waals surface area (Å²) in [5.41, 5.74) is -0.0655. The van der Waals surface area contributed by atoms with Crippen LogP contribution in [-0.4, -0.2) is 41.0 Å². The van der Waals surface area contributed by atoms with E-state index >= 15 is 0 Å². The Hall–Kier alpha value is -2.44. The van der Waals surface area contributed by atoms with Gasteiger partial charge in [0.05, 0.1) is 0 Å². The first-order chi connectivity index (χ1) is 10.5. The molecule has 118 valence electrons. The molecule has 1 aliphatic rings. The highest BCUT2D eigenvalue weighted by atomic mass is 16.4. The molecule has 0 saturated heterocycles. The fourth-order valence-corrected chi connectivity index (χ4v) is 2.64. The monoisotopic (exact) mass is 305 g/mol. The fourth-order valence-electron chi connectivity index (χ4n) is 2.64. The van der Waals surface area contributed by atoms with Crippen LogP contribution in [0.4, 0.5) is 0 Å². The molecule has 3 N–H and O–H groups in total. The number of carbonyl (C=O) groups excluding carboxylic acids is 2. The number of amides is 2. The normalized spacial score (nSPS) is 21.0. The molecule has 0 atom stereocenters. The summed E-state index contributed by atoms with van der Waals surface area (Å²) in [5.74, 6) is -1.50. The van der Waals surface area contributed by atoms with Crippen molar-refractivity contribution in [1.29, 1.82) is 0 Å². The number of carboxylic acid groups (broad SMARTS) is 1. The third-order valence-electron chi connectivity index (χ3n) is 3.88. The van der Waals surface area contributed by atoms with E-state index in [1.807, 2.05) is 0 Å². The van der Waals surface area contributed by atoms with Crippen LogP contribution in [0.3, 0.4) is 0 Å². The van der Waals surface area contributed by atoms with E-state index in [0.717, 1.165) is 25.7 Å². The first-order valence-corrected chi connectivity index (χ1v) is 7.24. The van der Waals surface area contributed by atoms with Gasteiger partial charge in [0, 0.05) is 19.0 Å². The molecule has 1 fully saturated rings. The second-order valence-electron chi connectivity index (χ2n) is 5.35. The quantitative estimate of drug-likeness (QED) is 0.763. The van der Waals surface area contributed by atoms with E-state index in [1.165, 1.54) is 18.2 Å². The lowest BCUT2D eigenvalue weighted by Gasteiger charge is -2.27. The lowest BCUT2D eigenvalue weighted by Crippen LogP contribution is -2.40. The zero-order valence-electron chi connectivity index (χ0n) is 12.3.